The van der Waals surface area contributed by atoms with Crippen molar-refractivity contribution in [3.63, 3.8) is 0 Å². The van der Waals surface area contributed by atoms with Gasteiger partial charge < -0.3 is 0 Å². The fourth-order valence-corrected chi connectivity index (χ4v) is 3.11. The van der Waals surface area contributed by atoms with Gasteiger partial charge >= 0.3 is 0 Å². The van der Waals surface area contributed by atoms with E-state index >= 15 is 0 Å². The van der Waals surface area contributed by atoms with Crippen molar-refractivity contribution in [1.82, 2.24) is 5.48 Å². The van der Waals surface area contributed by atoms with Crippen LogP contribution in [0.15, 0.2) is 114 Å². The molecule has 4 aromatic rings. The van der Waals surface area contributed by atoms with Crippen molar-refractivity contribution in [3.8, 4) is 11.1 Å². The van der Waals surface area contributed by atoms with E-state index < -0.39 is 0 Å². The molecule has 0 aliphatic heterocycles. The Morgan fingerprint density at radius 3 is 1.97 bits per heavy atom. The van der Waals surface area contributed by atoms with Gasteiger partial charge in [0.1, 0.15) is 0 Å². The molecule has 0 bridgehead atoms. The van der Waals surface area contributed by atoms with Crippen LogP contribution in [0.25, 0.3) is 11.1 Å². The van der Waals surface area contributed by atoms with Gasteiger partial charge in [-0.3, -0.25) is 4.84 Å². The molecular weight excluding hydrogens is 368 g/mol. The van der Waals surface area contributed by atoms with E-state index in [1.54, 1.807) is 0 Å². The zero-order valence-electron chi connectivity index (χ0n) is 17.0. The standard InChI is InChI=1S/C27H24N2O/c1-21-12-14-25(15-13-21)27(29-30-20-22-8-4-2-5-9-22)28-26-18-16-24(17-19-26)23-10-6-3-7-11-23/h2-19H,20H2,1H3,(H,28,29). The second-order valence-corrected chi connectivity index (χ2v) is 7.12. The molecule has 0 aromatic heterocycles. The van der Waals surface area contributed by atoms with Gasteiger partial charge in [-0.1, -0.05) is 103 Å². The van der Waals surface area contributed by atoms with Gasteiger partial charge in [0, 0.05) is 5.56 Å². The van der Waals surface area contributed by atoms with Crippen LogP contribution in [0.3, 0.4) is 0 Å². The third-order valence-corrected chi connectivity index (χ3v) is 4.79. The Morgan fingerprint density at radius 1 is 0.700 bits per heavy atom. The van der Waals surface area contributed by atoms with Crippen molar-refractivity contribution < 1.29 is 4.84 Å². The van der Waals surface area contributed by atoms with Crippen LogP contribution in [0.4, 0.5) is 5.69 Å². The van der Waals surface area contributed by atoms with Crippen LogP contribution in [-0.2, 0) is 11.4 Å². The highest BCUT2D eigenvalue weighted by molar-refractivity contribution is 5.99. The summed E-state index contributed by atoms with van der Waals surface area (Å²) in [5.74, 6) is 0.679. The van der Waals surface area contributed by atoms with E-state index in [-0.39, 0.29) is 0 Å². The minimum Gasteiger partial charge on any atom is -0.270 e. The van der Waals surface area contributed by atoms with Crippen LogP contribution < -0.4 is 5.48 Å². The van der Waals surface area contributed by atoms with Gasteiger partial charge in [0.2, 0.25) is 0 Å². The van der Waals surface area contributed by atoms with Gasteiger partial charge in [0.25, 0.3) is 0 Å². The van der Waals surface area contributed by atoms with Crippen molar-refractivity contribution >= 4 is 11.5 Å². The van der Waals surface area contributed by atoms with Crippen LogP contribution in [0.5, 0.6) is 0 Å². The molecule has 30 heavy (non-hydrogen) atoms. The largest absolute Gasteiger partial charge is 0.270 e. The predicted octanol–water partition coefficient (Wildman–Crippen LogP) is 6.46. The summed E-state index contributed by atoms with van der Waals surface area (Å²) in [5, 5.41) is 0. The SMILES string of the molecule is Cc1ccc(C(=Nc2ccc(-c3ccccc3)cc2)NOCc2ccccc2)cc1. The summed E-state index contributed by atoms with van der Waals surface area (Å²) in [7, 11) is 0. The van der Waals surface area contributed by atoms with Crippen molar-refractivity contribution in [2.75, 3.05) is 0 Å². The lowest BCUT2D eigenvalue weighted by molar-refractivity contribution is 0.0716. The first-order valence-corrected chi connectivity index (χ1v) is 10.0. The number of nitrogens with zero attached hydrogens (tertiary/aromatic N) is 1. The van der Waals surface area contributed by atoms with Crippen molar-refractivity contribution in [1.29, 1.82) is 0 Å². The third kappa shape index (κ3) is 5.22. The second-order valence-electron chi connectivity index (χ2n) is 7.12. The molecule has 0 fully saturated rings. The lowest BCUT2D eigenvalue weighted by Crippen LogP contribution is -2.24. The molecule has 4 aromatic carbocycles. The lowest BCUT2D eigenvalue weighted by atomic mass is 10.1. The van der Waals surface area contributed by atoms with E-state index in [1.165, 1.54) is 16.7 Å². The average molecular weight is 393 g/mol. The highest BCUT2D eigenvalue weighted by atomic mass is 16.6. The average Bonchev–Trinajstić information content (AvgIpc) is 2.81. The number of aliphatic imine (C=N–C) groups is 1. The number of amidine groups is 1. The smallest absolute Gasteiger partial charge is 0.157 e. The van der Waals surface area contributed by atoms with Gasteiger partial charge in [0.05, 0.1) is 12.3 Å². The number of benzene rings is 4. The molecular formula is C27H24N2O. The van der Waals surface area contributed by atoms with Gasteiger partial charge in [-0.15, -0.1) is 0 Å². The number of aryl methyl sites for hydroxylation is 1. The number of hydrogen-bond donors (Lipinski definition) is 1. The summed E-state index contributed by atoms with van der Waals surface area (Å²) < 4.78 is 0. The quantitative estimate of drug-likeness (QED) is 0.232. The molecule has 0 aliphatic rings. The van der Waals surface area contributed by atoms with E-state index in [2.05, 4.69) is 48.8 Å². The second kappa shape index (κ2) is 9.68. The fourth-order valence-electron chi connectivity index (χ4n) is 3.11. The number of nitrogens with one attached hydrogen (secondary N) is 1. The molecule has 0 spiro atoms. The highest BCUT2D eigenvalue weighted by Crippen LogP contribution is 2.23. The zero-order chi connectivity index (χ0) is 20.6. The third-order valence-electron chi connectivity index (χ3n) is 4.79. The Morgan fingerprint density at radius 2 is 1.30 bits per heavy atom. The number of rotatable bonds is 6. The van der Waals surface area contributed by atoms with Gasteiger partial charge in [-0.2, -0.15) is 0 Å². The molecule has 0 saturated carbocycles. The van der Waals surface area contributed by atoms with E-state index in [0.29, 0.717) is 12.4 Å². The Balaban J connectivity index is 1.55. The maximum absolute atomic E-state index is 5.75. The number of hydrogen-bond acceptors (Lipinski definition) is 2. The van der Waals surface area contributed by atoms with E-state index in [1.807, 2.05) is 72.8 Å². The van der Waals surface area contributed by atoms with Crippen LogP contribution in [-0.4, -0.2) is 5.84 Å². The molecule has 148 valence electrons. The summed E-state index contributed by atoms with van der Waals surface area (Å²) >= 11 is 0. The molecule has 0 heterocycles. The number of hydroxylamine groups is 1. The Bertz CT molecular complexity index is 1090. The molecule has 3 nitrogen and oxygen atoms in total. The van der Waals surface area contributed by atoms with Crippen LogP contribution in [0.2, 0.25) is 0 Å². The van der Waals surface area contributed by atoms with E-state index in [9.17, 15) is 0 Å². The molecule has 4 rings (SSSR count). The molecule has 0 aliphatic carbocycles. The zero-order valence-corrected chi connectivity index (χ0v) is 17.0. The van der Waals surface area contributed by atoms with Gasteiger partial charge in [-0.25, -0.2) is 10.5 Å². The van der Waals surface area contributed by atoms with E-state index in [4.69, 9.17) is 9.83 Å². The van der Waals surface area contributed by atoms with Gasteiger partial charge in [0.15, 0.2) is 5.84 Å². The van der Waals surface area contributed by atoms with Crippen molar-refractivity contribution in [3.05, 3.63) is 126 Å². The van der Waals surface area contributed by atoms with Crippen LogP contribution in [0.1, 0.15) is 16.7 Å². The minimum atomic E-state index is 0.457. The topological polar surface area (TPSA) is 33.6 Å². The monoisotopic (exact) mass is 392 g/mol. The maximum atomic E-state index is 5.75. The molecule has 0 atom stereocenters. The maximum Gasteiger partial charge on any atom is 0.157 e. The first-order valence-electron chi connectivity index (χ1n) is 10.0. The van der Waals surface area contributed by atoms with Crippen LogP contribution >= 0.6 is 0 Å². The molecule has 0 saturated heterocycles. The molecule has 1 N–H and O–H groups in total. The molecule has 3 heteroatoms. The summed E-state index contributed by atoms with van der Waals surface area (Å²) in [5.41, 5.74) is 9.54. The first-order chi connectivity index (χ1) is 14.8. The fraction of sp³-hybridized carbons (Fsp3) is 0.0741. The minimum absolute atomic E-state index is 0.457. The Labute approximate surface area is 177 Å². The van der Waals surface area contributed by atoms with Crippen molar-refractivity contribution in [2.24, 2.45) is 4.99 Å². The molecule has 0 amide bonds. The predicted molar refractivity (Wildman–Crippen MR) is 124 cm³/mol. The summed E-state index contributed by atoms with van der Waals surface area (Å²) in [6, 6.07) is 36.9. The summed E-state index contributed by atoms with van der Waals surface area (Å²) in [6.45, 7) is 2.53. The summed E-state index contributed by atoms with van der Waals surface area (Å²) in [6.07, 6.45) is 0. The Hall–Kier alpha value is -3.69. The lowest BCUT2D eigenvalue weighted by Gasteiger charge is -2.11. The first kappa shape index (κ1) is 19.6. The normalized spacial score (nSPS) is 11.3. The summed E-state index contributed by atoms with van der Waals surface area (Å²) in [4.78, 5) is 10.6. The Kier molecular flexibility index (Phi) is 6.33. The van der Waals surface area contributed by atoms with Gasteiger partial charge in [-0.05, 0) is 35.7 Å². The van der Waals surface area contributed by atoms with Crippen molar-refractivity contribution in [2.45, 2.75) is 13.5 Å². The highest BCUT2D eigenvalue weighted by Gasteiger charge is 2.05. The van der Waals surface area contributed by atoms with E-state index in [0.717, 1.165) is 16.8 Å². The molecule has 0 unspecified atom stereocenters. The van der Waals surface area contributed by atoms with Crippen LogP contribution in [0, 0.1) is 6.92 Å². The molecule has 0 radical (unpaired) electrons.